The van der Waals surface area contributed by atoms with Crippen molar-refractivity contribution in [2.75, 3.05) is 12.3 Å². The Morgan fingerprint density at radius 3 is 2.60 bits per heavy atom. The molecule has 3 rings (SSSR count). The minimum Gasteiger partial charge on any atom is -0.462 e. The highest BCUT2D eigenvalue weighted by Crippen LogP contribution is 2.27. The molecular formula is C16H12BrN3O5. The van der Waals surface area contributed by atoms with Gasteiger partial charge in [0.1, 0.15) is 5.82 Å². The summed E-state index contributed by atoms with van der Waals surface area (Å²) in [4.78, 5) is 47.8. The van der Waals surface area contributed by atoms with Crippen LogP contribution in [0.25, 0.3) is 5.69 Å². The third-order valence-electron chi connectivity index (χ3n) is 3.65. The number of imide groups is 1. The van der Waals surface area contributed by atoms with Gasteiger partial charge in [0.15, 0.2) is 0 Å². The Balaban J connectivity index is 2.17. The van der Waals surface area contributed by atoms with E-state index in [1.54, 1.807) is 6.92 Å². The fourth-order valence-electron chi connectivity index (χ4n) is 2.56. The first-order chi connectivity index (χ1) is 11.8. The molecule has 1 aliphatic rings. The van der Waals surface area contributed by atoms with Crippen molar-refractivity contribution in [1.29, 1.82) is 0 Å². The second-order valence-corrected chi connectivity index (χ2v) is 6.02. The van der Waals surface area contributed by atoms with E-state index in [4.69, 9.17) is 10.5 Å². The van der Waals surface area contributed by atoms with E-state index >= 15 is 0 Å². The molecule has 128 valence electrons. The first-order valence-corrected chi connectivity index (χ1v) is 8.02. The van der Waals surface area contributed by atoms with Gasteiger partial charge in [0.2, 0.25) is 0 Å². The van der Waals surface area contributed by atoms with Crippen LogP contribution in [0.1, 0.15) is 38.0 Å². The van der Waals surface area contributed by atoms with Gasteiger partial charge in [-0.1, -0.05) is 0 Å². The number of hydrogen-bond acceptors (Lipinski definition) is 6. The summed E-state index contributed by atoms with van der Waals surface area (Å²) in [5.74, 6) is -1.98. The van der Waals surface area contributed by atoms with E-state index in [0.29, 0.717) is 10.2 Å². The largest absolute Gasteiger partial charge is 0.462 e. The number of carbonyl (C=O) groups is 3. The van der Waals surface area contributed by atoms with Gasteiger partial charge in [0.05, 0.1) is 29.0 Å². The van der Waals surface area contributed by atoms with Crippen molar-refractivity contribution in [1.82, 2.24) is 9.88 Å². The van der Waals surface area contributed by atoms with Gasteiger partial charge in [-0.15, -0.1) is 0 Å². The molecule has 2 amide bonds. The van der Waals surface area contributed by atoms with E-state index in [9.17, 15) is 19.2 Å². The standard InChI is InChI=1S/C16H12BrN3O5/c1-2-25-16(24)7-3-4-10(9(17)5-7)20-11(21)6-8-12(13(20)18)15(23)19-14(8)22/h3-6H,2,18H2,1H3,(H,19,22,23). The molecule has 0 unspecified atom stereocenters. The zero-order chi connectivity index (χ0) is 18.3. The molecule has 1 aliphatic heterocycles. The maximum Gasteiger partial charge on any atom is 0.338 e. The van der Waals surface area contributed by atoms with Crippen molar-refractivity contribution in [3.63, 3.8) is 0 Å². The number of hydrogen-bond donors (Lipinski definition) is 2. The van der Waals surface area contributed by atoms with E-state index < -0.39 is 23.3 Å². The van der Waals surface area contributed by atoms with Crippen LogP contribution >= 0.6 is 15.9 Å². The van der Waals surface area contributed by atoms with Crippen molar-refractivity contribution in [3.05, 3.63) is 55.8 Å². The third kappa shape index (κ3) is 2.72. The SMILES string of the molecule is CCOC(=O)c1ccc(-n2c(N)c3c(cc2=O)C(=O)NC3=O)c(Br)c1. The van der Waals surface area contributed by atoms with E-state index in [-0.39, 0.29) is 29.1 Å². The summed E-state index contributed by atoms with van der Waals surface area (Å²) in [6, 6.07) is 5.51. The summed E-state index contributed by atoms with van der Waals surface area (Å²) >= 11 is 3.29. The van der Waals surface area contributed by atoms with Crippen LogP contribution in [0.5, 0.6) is 0 Å². The van der Waals surface area contributed by atoms with E-state index in [0.717, 1.165) is 10.6 Å². The molecule has 8 nitrogen and oxygen atoms in total. The molecule has 0 fully saturated rings. The molecule has 9 heteroatoms. The molecule has 0 radical (unpaired) electrons. The van der Waals surface area contributed by atoms with Crippen LogP contribution < -0.4 is 16.6 Å². The predicted octanol–water partition coefficient (Wildman–Crippen LogP) is 1.24. The molecular weight excluding hydrogens is 394 g/mol. The van der Waals surface area contributed by atoms with Gasteiger partial charge < -0.3 is 10.5 Å². The molecule has 0 saturated heterocycles. The van der Waals surface area contributed by atoms with Crippen molar-refractivity contribution >= 4 is 39.5 Å². The van der Waals surface area contributed by atoms with Gasteiger partial charge in [-0.3, -0.25) is 24.3 Å². The molecule has 0 spiro atoms. The Morgan fingerprint density at radius 1 is 1.24 bits per heavy atom. The average Bonchev–Trinajstić information content (AvgIpc) is 2.83. The number of amides is 2. The number of rotatable bonds is 3. The number of esters is 1. The summed E-state index contributed by atoms with van der Waals surface area (Å²) in [6.07, 6.45) is 0. The van der Waals surface area contributed by atoms with Crippen molar-refractivity contribution in [2.45, 2.75) is 6.92 Å². The number of aromatic nitrogens is 1. The summed E-state index contributed by atoms with van der Waals surface area (Å²) < 4.78 is 6.41. The first kappa shape index (κ1) is 16.9. The predicted molar refractivity (Wildman–Crippen MR) is 91.9 cm³/mol. The van der Waals surface area contributed by atoms with Gasteiger partial charge in [0.25, 0.3) is 17.4 Å². The average molecular weight is 406 g/mol. The van der Waals surface area contributed by atoms with Gasteiger partial charge in [-0.2, -0.15) is 0 Å². The van der Waals surface area contributed by atoms with Crippen LogP contribution in [0.2, 0.25) is 0 Å². The Kier molecular flexibility index (Phi) is 4.17. The second-order valence-electron chi connectivity index (χ2n) is 5.16. The first-order valence-electron chi connectivity index (χ1n) is 7.23. The summed E-state index contributed by atoms with van der Waals surface area (Å²) in [7, 11) is 0. The van der Waals surface area contributed by atoms with E-state index in [2.05, 4.69) is 21.2 Å². The van der Waals surface area contributed by atoms with Crippen LogP contribution in [0.15, 0.2) is 33.5 Å². The highest BCUT2D eigenvalue weighted by Gasteiger charge is 2.32. The third-order valence-corrected chi connectivity index (χ3v) is 4.29. The molecule has 0 saturated carbocycles. The maximum absolute atomic E-state index is 12.4. The molecule has 2 heterocycles. The van der Waals surface area contributed by atoms with Gasteiger partial charge in [-0.25, -0.2) is 4.79 Å². The number of fused-ring (bicyclic) bond motifs is 1. The molecule has 0 atom stereocenters. The zero-order valence-electron chi connectivity index (χ0n) is 13.0. The fraction of sp³-hybridized carbons (Fsp3) is 0.125. The zero-order valence-corrected chi connectivity index (χ0v) is 14.5. The number of nitrogens with zero attached hydrogens (tertiary/aromatic N) is 1. The summed E-state index contributed by atoms with van der Waals surface area (Å²) in [5.41, 5.74) is 5.91. The minimum atomic E-state index is -0.662. The molecule has 0 aliphatic carbocycles. The van der Waals surface area contributed by atoms with Crippen molar-refractivity contribution < 1.29 is 19.1 Å². The lowest BCUT2D eigenvalue weighted by atomic mass is 10.1. The molecule has 2 aromatic rings. The lowest BCUT2D eigenvalue weighted by Crippen LogP contribution is -2.24. The second kappa shape index (κ2) is 6.17. The molecule has 0 bridgehead atoms. The number of carbonyl (C=O) groups excluding carboxylic acids is 3. The number of pyridine rings is 1. The monoisotopic (exact) mass is 405 g/mol. The van der Waals surface area contributed by atoms with Crippen LogP contribution in [0, 0.1) is 0 Å². The Bertz CT molecular complexity index is 996. The van der Waals surface area contributed by atoms with E-state index in [1.165, 1.54) is 18.2 Å². The maximum atomic E-state index is 12.4. The number of halogens is 1. The van der Waals surface area contributed by atoms with Crippen molar-refractivity contribution in [2.24, 2.45) is 0 Å². The molecule has 1 aromatic heterocycles. The number of ether oxygens (including phenoxy) is 1. The van der Waals surface area contributed by atoms with Gasteiger partial charge in [0, 0.05) is 10.5 Å². The van der Waals surface area contributed by atoms with Crippen molar-refractivity contribution in [3.8, 4) is 5.69 Å². The number of anilines is 1. The van der Waals surface area contributed by atoms with Crippen LogP contribution in [-0.2, 0) is 4.74 Å². The fourth-order valence-corrected chi connectivity index (χ4v) is 3.11. The van der Waals surface area contributed by atoms with E-state index in [1.807, 2.05) is 0 Å². The van der Waals surface area contributed by atoms with Gasteiger partial charge in [-0.05, 0) is 41.1 Å². The number of benzene rings is 1. The minimum absolute atomic E-state index is 0.0500. The topological polar surface area (TPSA) is 120 Å². The number of nitrogens with one attached hydrogen (secondary N) is 1. The molecule has 3 N–H and O–H groups in total. The lowest BCUT2D eigenvalue weighted by Gasteiger charge is -2.14. The quantitative estimate of drug-likeness (QED) is 0.585. The Labute approximate surface area is 149 Å². The molecule has 1 aromatic carbocycles. The Morgan fingerprint density at radius 2 is 1.96 bits per heavy atom. The lowest BCUT2D eigenvalue weighted by molar-refractivity contribution is 0.0526. The number of nitrogen functional groups attached to an aromatic ring is 1. The van der Waals surface area contributed by atoms with Crippen LogP contribution in [0.3, 0.4) is 0 Å². The van der Waals surface area contributed by atoms with Crippen LogP contribution in [0.4, 0.5) is 5.82 Å². The highest BCUT2D eigenvalue weighted by atomic mass is 79.9. The summed E-state index contributed by atoms with van der Waals surface area (Å²) in [6.45, 7) is 1.93. The number of nitrogens with two attached hydrogens (primary N) is 1. The van der Waals surface area contributed by atoms with Crippen LogP contribution in [-0.4, -0.2) is 29.0 Å². The Hall–Kier alpha value is -2.94. The summed E-state index contributed by atoms with van der Waals surface area (Å²) in [5, 5.41) is 2.10. The smallest absolute Gasteiger partial charge is 0.338 e. The van der Waals surface area contributed by atoms with Gasteiger partial charge >= 0.3 is 5.97 Å². The normalized spacial score (nSPS) is 12.7. The highest BCUT2D eigenvalue weighted by molar-refractivity contribution is 9.10. The molecule has 25 heavy (non-hydrogen) atoms.